The summed E-state index contributed by atoms with van der Waals surface area (Å²) in [5.41, 5.74) is 11.3. The zero-order valence-corrected chi connectivity index (χ0v) is 18.0. The fourth-order valence-electron chi connectivity index (χ4n) is 4.55. The normalized spacial score (nSPS) is 21.1. The zero-order valence-electron chi connectivity index (χ0n) is 15.1. The van der Waals surface area contributed by atoms with Gasteiger partial charge in [0.1, 0.15) is 15.0 Å². The first-order valence-electron chi connectivity index (χ1n) is 9.14. The van der Waals surface area contributed by atoms with Crippen LogP contribution < -0.4 is 10.6 Å². The molecule has 0 amide bonds. The Hall–Kier alpha value is -1.39. The molecule has 0 saturated carbocycles. The smallest absolute Gasteiger partial charge is 0.202 e. The predicted molar refractivity (Wildman–Crippen MR) is 117 cm³/mol. The lowest BCUT2D eigenvalue weighted by Gasteiger charge is -2.42. The summed E-state index contributed by atoms with van der Waals surface area (Å²) >= 11 is 3.98. The minimum Gasteiger partial charge on any atom is -0.355 e. The summed E-state index contributed by atoms with van der Waals surface area (Å²) in [5, 5.41) is 7.19. The van der Waals surface area contributed by atoms with Gasteiger partial charge in [0.2, 0.25) is 5.65 Å². The highest BCUT2D eigenvalue weighted by molar-refractivity contribution is 14.1. The topological polar surface area (TPSA) is 83.7 Å². The Morgan fingerprint density at radius 1 is 1.33 bits per heavy atom. The average Bonchev–Trinajstić information content (AvgIpc) is 3.20. The Labute approximate surface area is 175 Å². The largest absolute Gasteiger partial charge is 0.355 e. The molecule has 8 heteroatoms. The van der Waals surface area contributed by atoms with E-state index in [9.17, 15) is 0 Å². The number of hydrogen-bond donors (Lipinski definition) is 2. The number of nitrogens with two attached hydrogens (primary N) is 1. The molecule has 27 heavy (non-hydrogen) atoms. The predicted octanol–water partition coefficient (Wildman–Crippen LogP) is 3.52. The lowest BCUT2D eigenvalue weighted by Crippen LogP contribution is -2.44. The molecule has 0 bridgehead atoms. The summed E-state index contributed by atoms with van der Waals surface area (Å²) in [6, 6.07) is 6.93. The van der Waals surface area contributed by atoms with E-state index in [2.05, 4.69) is 67.1 Å². The van der Waals surface area contributed by atoms with Crippen molar-refractivity contribution in [1.82, 2.24) is 20.2 Å². The Morgan fingerprint density at radius 2 is 2.15 bits per heavy atom. The number of H-pyrrole nitrogens is 1. The maximum absolute atomic E-state index is 6.77. The van der Waals surface area contributed by atoms with E-state index >= 15 is 0 Å². The van der Waals surface area contributed by atoms with Crippen LogP contribution in [0.1, 0.15) is 30.0 Å². The third kappa shape index (κ3) is 2.84. The van der Waals surface area contributed by atoms with Crippen LogP contribution in [0.5, 0.6) is 0 Å². The van der Waals surface area contributed by atoms with Crippen LogP contribution >= 0.6 is 34.4 Å². The van der Waals surface area contributed by atoms with Crippen LogP contribution in [0.3, 0.4) is 0 Å². The number of fused-ring (bicyclic) bond motifs is 2. The first-order valence-corrected chi connectivity index (χ1v) is 11.4. The highest BCUT2D eigenvalue weighted by Gasteiger charge is 2.46. The van der Waals surface area contributed by atoms with E-state index in [0.717, 1.165) is 47.4 Å². The average molecular weight is 492 g/mol. The van der Waals surface area contributed by atoms with Gasteiger partial charge in [-0.3, -0.25) is 5.10 Å². The fourth-order valence-corrected chi connectivity index (χ4v) is 5.50. The van der Waals surface area contributed by atoms with Crippen molar-refractivity contribution in [1.29, 1.82) is 0 Å². The van der Waals surface area contributed by atoms with E-state index in [-0.39, 0.29) is 11.5 Å². The van der Waals surface area contributed by atoms with E-state index in [1.807, 2.05) is 6.20 Å². The number of nitrogens with one attached hydrogen (secondary N) is 1. The van der Waals surface area contributed by atoms with E-state index in [1.54, 1.807) is 11.8 Å². The fraction of sp³-hybridized carbons (Fsp3) is 0.421. The molecule has 0 radical (unpaired) electrons. The van der Waals surface area contributed by atoms with Crippen LogP contribution in [0, 0.1) is 9.12 Å². The van der Waals surface area contributed by atoms with Gasteiger partial charge < -0.3 is 10.6 Å². The Balaban J connectivity index is 1.36. The summed E-state index contributed by atoms with van der Waals surface area (Å²) in [4.78, 5) is 12.9. The number of halogens is 1. The zero-order chi connectivity index (χ0) is 18.6. The number of hydrogen-bond acceptors (Lipinski definition) is 6. The monoisotopic (exact) mass is 492 g/mol. The van der Waals surface area contributed by atoms with Gasteiger partial charge in [0, 0.05) is 24.0 Å². The van der Waals surface area contributed by atoms with Gasteiger partial charge >= 0.3 is 0 Å². The molecule has 3 aromatic rings. The van der Waals surface area contributed by atoms with Crippen LogP contribution in [0.15, 0.2) is 29.3 Å². The van der Waals surface area contributed by atoms with Crippen LogP contribution in [0.25, 0.3) is 11.2 Å². The number of aromatic nitrogens is 4. The molecule has 140 valence electrons. The van der Waals surface area contributed by atoms with Gasteiger partial charge in [-0.2, -0.15) is 5.10 Å². The van der Waals surface area contributed by atoms with Crippen molar-refractivity contribution in [2.45, 2.75) is 30.2 Å². The highest BCUT2D eigenvalue weighted by atomic mass is 127. The second kappa shape index (κ2) is 6.59. The molecule has 5 rings (SSSR count). The molecule has 1 aliphatic heterocycles. The van der Waals surface area contributed by atoms with Crippen molar-refractivity contribution in [3.63, 3.8) is 0 Å². The molecule has 1 aromatic carbocycles. The van der Waals surface area contributed by atoms with Crippen molar-refractivity contribution in [3.05, 3.63) is 39.2 Å². The van der Waals surface area contributed by atoms with Gasteiger partial charge in [-0.25, -0.2) is 9.97 Å². The quantitative estimate of drug-likeness (QED) is 0.421. The SMILES string of the molecule is CSc1ccc2c(c1)[C@@H](N)C1(CCN(c3cnc4c(I)[nH]nc4n3)CC1)C2. The Bertz CT molecular complexity index is 1010. The van der Waals surface area contributed by atoms with Gasteiger partial charge in [-0.05, 0) is 76.8 Å². The molecule has 6 nitrogen and oxygen atoms in total. The summed E-state index contributed by atoms with van der Waals surface area (Å²) < 4.78 is 0.929. The molecular weight excluding hydrogens is 471 g/mol. The highest BCUT2D eigenvalue weighted by Crippen LogP contribution is 2.51. The van der Waals surface area contributed by atoms with Gasteiger partial charge in [0.15, 0.2) is 0 Å². The second-order valence-corrected chi connectivity index (χ2v) is 9.47. The molecule has 3 N–H and O–H groups in total. The minimum atomic E-state index is 0.128. The third-order valence-corrected chi connectivity index (χ3v) is 7.66. The van der Waals surface area contributed by atoms with Crippen LogP contribution in [0.2, 0.25) is 0 Å². The number of aromatic amines is 1. The number of piperidine rings is 1. The molecule has 1 fully saturated rings. The van der Waals surface area contributed by atoms with Crippen molar-refractivity contribution in [2.24, 2.45) is 11.1 Å². The van der Waals surface area contributed by atoms with Gasteiger partial charge in [-0.15, -0.1) is 11.8 Å². The standard InChI is InChI=1S/C19H21IN6S/c1-27-12-3-2-11-9-19(16(21)13(11)8-12)4-6-26(7-5-19)14-10-22-15-17(20)24-25-18(15)23-14/h2-3,8,10,16H,4-7,9,21H2,1H3,(H,23,24,25)/t16-/m1/s1. The second-order valence-electron chi connectivity index (χ2n) is 7.51. The third-order valence-electron chi connectivity index (χ3n) is 6.18. The molecule has 1 spiro atoms. The van der Waals surface area contributed by atoms with E-state index in [0.29, 0.717) is 5.65 Å². The first kappa shape index (κ1) is 17.7. The van der Waals surface area contributed by atoms with Crippen LogP contribution in [-0.4, -0.2) is 39.5 Å². The lowest BCUT2D eigenvalue weighted by atomic mass is 9.73. The molecule has 3 heterocycles. The van der Waals surface area contributed by atoms with E-state index in [4.69, 9.17) is 10.7 Å². The number of thioether (sulfide) groups is 1. The van der Waals surface area contributed by atoms with E-state index in [1.165, 1.54) is 16.0 Å². The Morgan fingerprint density at radius 3 is 2.93 bits per heavy atom. The van der Waals surface area contributed by atoms with E-state index < -0.39 is 0 Å². The lowest BCUT2D eigenvalue weighted by molar-refractivity contribution is 0.187. The van der Waals surface area contributed by atoms with Gasteiger partial charge in [0.25, 0.3) is 0 Å². The van der Waals surface area contributed by atoms with Crippen molar-refractivity contribution >= 4 is 51.3 Å². The summed E-state index contributed by atoms with van der Waals surface area (Å²) in [6.45, 7) is 1.91. The van der Waals surface area contributed by atoms with Crippen LogP contribution in [-0.2, 0) is 6.42 Å². The molecule has 1 saturated heterocycles. The summed E-state index contributed by atoms with van der Waals surface area (Å²) in [5.74, 6) is 0.911. The number of anilines is 1. The molecule has 0 unspecified atom stereocenters. The number of nitrogens with zero attached hydrogens (tertiary/aromatic N) is 4. The first-order chi connectivity index (χ1) is 13.1. The summed E-state index contributed by atoms with van der Waals surface area (Å²) in [7, 11) is 0. The minimum absolute atomic E-state index is 0.128. The van der Waals surface area contributed by atoms with Crippen molar-refractivity contribution in [3.8, 4) is 0 Å². The molecule has 1 aliphatic carbocycles. The van der Waals surface area contributed by atoms with Crippen molar-refractivity contribution in [2.75, 3.05) is 24.2 Å². The van der Waals surface area contributed by atoms with Crippen molar-refractivity contribution < 1.29 is 0 Å². The maximum Gasteiger partial charge on any atom is 0.202 e. The summed E-state index contributed by atoms with van der Waals surface area (Å²) in [6.07, 6.45) is 7.24. The number of benzene rings is 1. The maximum atomic E-state index is 6.77. The molecule has 2 aliphatic rings. The van der Waals surface area contributed by atoms with Crippen LogP contribution in [0.4, 0.5) is 5.82 Å². The van der Waals surface area contributed by atoms with Gasteiger partial charge in [0.05, 0.1) is 6.20 Å². The molecular formula is C19H21IN6S. The Kier molecular flexibility index (Phi) is 4.32. The molecule has 2 aromatic heterocycles. The van der Waals surface area contributed by atoms with Gasteiger partial charge in [-0.1, -0.05) is 6.07 Å². The number of rotatable bonds is 2. The molecule has 1 atom stereocenters.